The molecule has 0 amide bonds. The maximum atomic E-state index is 5.01. The first kappa shape index (κ1) is 12.0. The number of halogens is 1. The van der Waals surface area contributed by atoms with Crippen LogP contribution in [0.2, 0.25) is 0 Å². The van der Waals surface area contributed by atoms with Crippen molar-refractivity contribution in [3.8, 4) is 0 Å². The van der Waals surface area contributed by atoms with Gasteiger partial charge in [-0.2, -0.15) is 0 Å². The molecule has 0 aromatic carbocycles. The van der Waals surface area contributed by atoms with Crippen LogP contribution in [0.3, 0.4) is 0 Å². The molecular weight excluding hydrogens is 267 g/mol. The summed E-state index contributed by atoms with van der Waals surface area (Å²) in [5, 5.41) is 7.84. The van der Waals surface area contributed by atoms with Crippen LogP contribution >= 0.6 is 0 Å². The fourth-order valence-electron chi connectivity index (χ4n) is 0.478. The number of alkyl halides is 1. The monoisotopic (exact) mass is 283 g/mol. The second-order valence-corrected chi connectivity index (χ2v) is 5.03. The summed E-state index contributed by atoms with van der Waals surface area (Å²) >= 11 is -0.0306. The van der Waals surface area contributed by atoms with Crippen LogP contribution in [-0.2, 0) is 3.07 Å². The summed E-state index contributed by atoms with van der Waals surface area (Å²) in [5.41, 5.74) is 0. The Labute approximate surface area is 85.1 Å². The van der Waals surface area contributed by atoms with E-state index in [9.17, 15) is 0 Å². The van der Waals surface area contributed by atoms with Crippen LogP contribution in [0, 0.1) is 0 Å². The van der Waals surface area contributed by atoms with Gasteiger partial charge in [-0.25, -0.2) is 0 Å². The van der Waals surface area contributed by atoms with E-state index in [2.05, 4.69) is 10.2 Å². The molecule has 0 aromatic rings. The fraction of sp³-hybridized carbons (Fsp3) is 0.750. The van der Waals surface area contributed by atoms with Gasteiger partial charge in [-0.3, -0.25) is 0 Å². The molecular formula is C8H16IN2O-. The molecule has 0 aliphatic carbocycles. The SMILES string of the molecule is CO[I-]CC/C=C\N=NC(C)C. The predicted molar refractivity (Wildman–Crippen MR) is 45.6 cm³/mol. The van der Waals surface area contributed by atoms with E-state index in [1.165, 1.54) is 0 Å². The van der Waals surface area contributed by atoms with Crippen molar-refractivity contribution in [1.82, 2.24) is 0 Å². The average Bonchev–Trinajstić information content (AvgIpc) is 2.02. The first-order chi connectivity index (χ1) is 5.77. The molecule has 0 rings (SSSR count). The minimum atomic E-state index is -0.0306. The molecule has 0 saturated heterocycles. The number of hydrogen-bond donors (Lipinski definition) is 0. The zero-order valence-electron chi connectivity index (χ0n) is 7.83. The van der Waals surface area contributed by atoms with Crippen molar-refractivity contribution in [3.05, 3.63) is 12.3 Å². The van der Waals surface area contributed by atoms with Gasteiger partial charge in [0.1, 0.15) is 0 Å². The molecule has 0 atom stereocenters. The van der Waals surface area contributed by atoms with Gasteiger partial charge in [-0.05, 0) is 0 Å². The average molecular weight is 283 g/mol. The quantitative estimate of drug-likeness (QED) is 0.277. The summed E-state index contributed by atoms with van der Waals surface area (Å²) in [4.78, 5) is 0. The van der Waals surface area contributed by atoms with Gasteiger partial charge in [0.2, 0.25) is 0 Å². The van der Waals surface area contributed by atoms with Gasteiger partial charge in [0.25, 0.3) is 0 Å². The number of azo groups is 1. The van der Waals surface area contributed by atoms with Crippen molar-refractivity contribution >= 4 is 0 Å². The Morgan fingerprint density at radius 3 is 2.83 bits per heavy atom. The van der Waals surface area contributed by atoms with Gasteiger partial charge in [-0.1, -0.05) is 0 Å². The molecule has 0 aliphatic heterocycles. The molecule has 0 fully saturated rings. The van der Waals surface area contributed by atoms with E-state index in [1.54, 1.807) is 13.3 Å². The summed E-state index contributed by atoms with van der Waals surface area (Å²) in [5.74, 6) is 0. The van der Waals surface area contributed by atoms with E-state index < -0.39 is 0 Å². The van der Waals surface area contributed by atoms with Gasteiger partial charge < -0.3 is 0 Å². The Morgan fingerprint density at radius 1 is 1.50 bits per heavy atom. The second kappa shape index (κ2) is 9.12. The minimum absolute atomic E-state index is 0.0306. The van der Waals surface area contributed by atoms with E-state index in [4.69, 9.17) is 3.07 Å². The van der Waals surface area contributed by atoms with E-state index in [-0.39, 0.29) is 21.6 Å². The van der Waals surface area contributed by atoms with Crippen LogP contribution < -0.4 is 21.6 Å². The third-order valence-electron chi connectivity index (χ3n) is 0.932. The van der Waals surface area contributed by atoms with Gasteiger partial charge in [0, 0.05) is 0 Å². The standard InChI is InChI=1S/C8H16IN2O/c1-8(2)11-10-7-5-4-6-9-12-3/h5,7-8H,4,6H2,1-3H3/q-1/b7-5-,11-10?. The second-order valence-electron chi connectivity index (χ2n) is 2.45. The van der Waals surface area contributed by atoms with Crippen molar-refractivity contribution in [3.63, 3.8) is 0 Å². The van der Waals surface area contributed by atoms with Crippen LogP contribution in [-0.4, -0.2) is 17.6 Å². The molecule has 0 unspecified atom stereocenters. The first-order valence-corrected chi connectivity index (χ1v) is 6.35. The number of rotatable bonds is 6. The summed E-state index contributed by atoms with van der Waals surface area (Å²) < 4.78 is 6.16. The summed E-state index contributed by atoms with van der Waals surface area (Å²) in [6.07, 6.45) is 4.85. The van der Waals surface area contributed by atoms with Crippen molar-refractivity contribution < 1.29 is 24.7 Å². The van der Waals surface area contributed by atoms with Crippen LogP contribution in [0.5, 0.6) is 0 Å². The molecule has 12 heavy (non-hydrogen) atoms. The van der Waals surface area contributed by atoms with Gasteiger partial charge >= 0.3 is 85.0 Å². The van der Waals surface area contributed by atoms with E-state index in [1.807, 2.05) is 19.9 Å². The van der Waals surface area contributed by atoms with Crippen LogP contribution in [0.25, 0.3) is 0 Å². The van der Waals surface area contributed by atoms with Gasteiger partial charge in [-0.15, -0.1) is 0 Å². The van der Waals surface area contributed by atoms with E-state index in [0.29, 0.717) is 6.04 Å². The van der Waals surface area contributed by atoms with E-state index in [0.717, 1.165) is 10.8 Å². The number of hydrogen-bond acceptors (Lipinski definition) is 3. The summed E-state index contributed by atoms with van der Waals surface area (Å²) in [6.45, 7) is 4.02. The van der Waals surface area contributed by atoms with Crippen molar-refractivity contribution in [2.24, 2.45) is 10.2 Å². The van der Waals surface area contributed by atoms with Gasteiger partial charge in [0.15, 0.2) is 0 Å². The Balaban J connectivity index is 3.25. The molecule has 3 nitrogen and oxygen atoms in total. The zero-order valence-corrected chi connectivity index (χ0v) is 9.98. The van der Waals surface area contributed by atoms with Crippen molar-refractivity contribution in [2.75, 3.05) is 11.5 Å². The topological polar surface area (TPSA) is 34.0 Å². The van der Waals surface area contributed by atoms with Crippen LogP contribution in [0.1, 0.15) is 20.3 Å². The van der Waals surface area contributed by atoms with Gasteiger partial charge in [0.05, 0.1) is 0 Å². The molecule has 0 aliphatic rings. The molecule has 0 heterocycles. The van der Waals surface area contributed by atoms with E-state index >= 15 is 0 Å². The normalized spacial score (nSPS) is 12.7. The zero-order chi connectivity index (χ0) is 9.23. The molecule has 4 heteroatoms. The molecule has 0 N–H and O–H groups in total. The van der Waals surface area contributed by atoms with Crippen LogP contribution in [0.4, 0.5) is 0 Å². The molecule has 0 saturated carbocycles. The third-order valence-corrected chi connectivity index (χ3v) is 2.62. The molecule has 72 valence electrons. The molecule has 0 aromatic heterocycles. The number of nitrogens with zero attached hydrogens (tertiary/aromatic N) is 2. The molecule has 0 bridgehead atoms. The summed E-state index contributed by atoms with van der Waals surface area (Å²) in [7, 11) is 1.76. The third kappa shape index (κ3) is 10.0. The Bertz CT molecular complexity index is 146. The van der Waals surface area contributed by atoms with Crippen molar-refractivity contribution in [1.29, 1.82) is 0 Å². The Morgan fingerprint density at radius 2 is 2.25 bits per heavy atom. The predicted octanol–water partition coefficient (Wildman–Crippen LogP) is -0.599. The Hall–Kier alpha value is 0.0300. The Kier molecular flexibility index (Phi) is 9.14. The molecule has 0 spiro atoms. The van der Waals surface area contributed by atoms with Crippen LogP contribution in [0.15, 0.2) is 22.5 Å². The molecule has 0 radical (unpaired) electrons. The first-order valence-electron chi connectivity index (χ1n) is 3.94. The summed E-state index contributed by atoms with van der Waals surface area (Å²) in [6, 6.07) is 0.293. The number of allylic oxidation sites excluding steroid dienone is 1. The maximum absolute atomic E-state index is 5.01. The van der Waals surface area contributed by atoms with Crippen molar-refractivity contribution in [2.45, 2.75) is 26.3 Å². The fourth-order valence-corrected chi connectivity index (χ4v) is 1.53.